The molecule has 1 aromatic carbocycles. The fourth-order valence-corrected chi connectivity index (χ4v) is 3.71. The Morgan fingerprint density at radius 1 is 0.571 bits per heavy atom. The summed E-state index contributed by atoms with van der Waals surface area (Å²) in [4.78, 5) is 14.2. The summed E-state index contributed by atoms with van der Waals surface area (Å²) < 4.78 is 2.03. The first-order valence-electron chi connectivity index (χ1n) is 9.76. The van der Waals surface area contributed by atoms with Gasteiger partial charge in [0.15, 0.2) is 0 Å². The minimum absolute atomic E-state index is 0.664. The summed E-state index contributed by atoms with van der Waals surface area (Å²) in [6.07, 6.45) is 0. The Balaban J connectivity index is 2.19. The van der Waals surface area contributed by atoms with Gasteiger partial charge in [-0.05, 0) is 97.1 Å². The largest absolute Gasteiger partial charge is 0.339 e. The summed E-state index contributed by atoms with van der Waals surface area (Å²) in [6.45, 7) is 21.1. The molecule has 0 saturated carbocycles. The van der Waals surface area contributed by atoms with Gasteiger partial charge in [-0.2, -0.15) is 4.98 Å². The van der Waals surface area contributed by atoms with Crippen LogP contribution >= 0.6 is 0 Å². The van der Waals surface area contributed by atoms with E-state index in [1.807, 2.05) is 25.3 Å². The highest BCUT2D eigenvalue weighted by molar-refractivity contribution is 5.71. The number of anilines is 2. The molecule has 0 aliphatic carbocycles. The van der Waals surface area contributed by atoms with Gasteiger partial charge in [0.25, 0.3) is 0 Å². The number of hydrogen-bond donors (Lipinski definition) is 1. The van der Waals surface area contributed by atoms with Crippen LogP contribution in [0.5, 0.6) is 0 Å². The van der Waals surface area contributed by atoms with Crippen LogP contribution in [0.1, 0.15) is 56.3 Å². The number of imidazole rings is 1. The van der Waals surface area contributed by atoms with E-state index in [4.69, 9.17) is 9.97 Å². The molecule has 3 rings (SSSR count). The van der Waals surface area contributed by atoms with Crippen molar-refractivity contribution in [3.05, 3.63) is 56.3 Å². The van der Waals surface area contributed by atoms with Crippen LogP contribution in [0, 0.1) is 69.2 Å². The van der Waals surface area contributed by atoms with E-state index in [-0.39, 0.29) is 0 Å². The van der Waals surface area contributed by atoms with Gasteiger partial charge in [-0.1, -0.05) is 0 Å². The van der Waals surface area contributed by atoms with Gasteiger partial charge in [0, 0.05) is 22.6 Å². The lowest BCUT2D eigenvalue weighted by Gasteiger charge is -2.21. The van der Waals surface area contributed by atoms with Crippen molar-refractivity contribution in [1.82, 2.24) is 19.5 Å². The molecule has 2 heterocycles. The number of nitrogens with zero attached hydrogens (tertiary/aromatic N) is 4. The van der Waals surface area contributed by atoms with E-state index in [1.54, 1.807) is 0 Å². The summed E-state index contributed by atoms with van der Waals surface area (Å²) in [7, 11) is 0. The maximum absolute atomic E-state index is 4.90. The standard InChI is InChI=1S/C23H31N5/c1-11-12(2)14(4)21(15(5)13(11)3)26-22-16(6)17(7)25-23(27-22)28-19(9)18(8)24-20(28)10/h1-10H3,(H,25,26,27). The van der Waals surface area contributed by atoms with Crippen molar-refractivity contribution in [2.45, 2.75) is 69.2 Å². The van der Waals surface area contributed by atoms with E-state index in [9.17, 15) is 0 Å². The van der Waals surface area contributed by atoms with E-state index in [0.717, 1.165) is 40.0 Å². The first-order chi connectivity index (χ1) is 13.0. The Morgan fingerprint density at radius 2 is 1.11 bits per heavy atom. The first kappa shape index (κ1) is 20.1. The van der Waals surface area contributed by atoms with Crippen molar-refractivity contribution >= 4 is 11.5 Å². The van der Waals surface area contributed by atoms with E-state index in [0.29, 0.717) is 5.95 Å². The lowest BCUT2D eigenvalue weighted by Crippen LogP contribution is -2.11. The number of nitrogens with one attached hydrogen (secondary N) is 1. The van der Waals surface area contributed by atoms with Gasteiger partial charge in [0.1, 0.15) is 11.6 Å². The highest BCUT2D eigenvalue weighted by atomic mass is 15.2. The van der Waals surface area contributed by atoms with Crippen molar-refractivity contribution < 1.29 is 0 Å². The molecule has 3 aromatic rings. The number of rotatable bonds is 3. The summed E-state index contributed by atoms with van der Waals surface area (Å²) >= 11 is 0. The van der Waals surface area contributed by atoms with Crippen molar-refractivity contribution in [2.24, 2.45) is 0 Å². The molecule has 0 fully saturated rings. The van der Waals surface area contributed by atoms with Crippen LogP contribution in [0.3, 0.4) is 0 Å². The minimum Gasteiger partial charge on any atom is -0.339 e. The normalized spacial score (nSPS) is 11.2. The van der Waals surface area contributed by atoms with Crippen molar-refractivity contribution in [3.8, 4) is 5.95 Å². The number of aryl methyl sites for hydroxylation is 3. The Labute approximate surface area is 168 Å². The van der Waals surface area contributed by atoms with Crippen LogP contribution in [0.2, 0.25) is 0 Å². The molecule has 0 unspecified atom stereocenters. The topological polar surface area (TPSA) is 55.6 Å². The second-order valence-electron chi connectivity index (χ2n) is 7.87. The van der Waals surface area contributed by atoms with Gasteiger partial charge in [-0.3, -0.25) is 4.57 Å². The highest BCUT2D eigenvalue weighted by Crippen LogP contribution is 2.33. The van der Waals surface area contributed by atoms with E-state index >= 15 is 0 Å². The number of hydrogen-bond acceptors (Lipinski definition) is 4. The molecular formula is C23H31N5. The van der Waals surface area contributed by atoms with Crippen molar-refractivity contribution in [1.29, 1.82) is 0 Å². The average Bonchev–Trinajstić information content (AvgIpc) is 2.90. The quantitative estimate of drug-likeness (QED) is 0.656. The smallest absolute Gasteiger partial charge is 0.237 e. The zero-order valence-corrected chi connectivity index (χ0v) is 18.8. The molecule has 0 amide bonds. The van der Waals surface area contributed by atoms with Crippen LogP contribution in [0.15, 0.2) is 0 Å². The lowest BCUT2D eigenvalue weighted by atomic mass is 9.93. The molecule has 0 radical (unpaired) electrons. The molecule has 148 valence electrons. The number of benzene rings is 1. The zero-order chi connectivity index (χ0) is 20.9. The SMILES string of the molecule is Cc1nc(-n2c(C)nc(C)c2C)nc(Nc2c(C)c(C)c(C)c(C)c2C)c1C. The van der Waals surface area contributed by atoms with Crippen LogP contribution in [-0.4, -0.2) is 19.5 Å². The van der Waals surface area contributed by atoms with Crippen LogP contribution in [0.25, 0.3) is 5.95 Å². The third-order valence-corrected chi connectivity index (χ3v) is 6.33. The Kier molecular flexibility index (Phi) is 5.04. The van der Waals surface area contributed by atoms with Gasteiger partial charge >= 0.3 is 0 Å². The van der Waals surface area contributed by atoms with E-state index in [2.05, 4.69) is 58.8 Å². The molecule has 5 nitrogen and oxygen atoms in total. The summed E-state index contributed by atoms with van der Waals surface area (Å²) in [5.41, 5.74) is 11.8. The third kappa shape index (κ3) is 3.09. The first-order valence-corrected chi connectivity index (χ1v) is 9.76. The van der Waals surface area contributed by atoms with E-state index < -0.39 is 0 Å². The Bertz CT molecular complexity index is 1060. The molecule has 28 heavy (non-hydrogen) atoms. The molecule has 0 saturated heterocycles. The van der Waals surface area contributed by atoms with Gasteiger partial charge in [-0.15, -0.1) is 0 Å². The van der Waals surface area contributed by atoms with Crippen molar-refractivity contribution in [2.75, 3.05) is 5.32 Å². The highest BCUT2D eigenvalue weighted by Gasteiger charge is 2.18. The van der Waals surface area contributed by atoms with Crippen molar-refractivity contribution in [3.63, 3.8) is 0 Å². The van der Waals surface area contributed by atoms with Gasteiger partial charge < -0.3 is 5.32 Å². The Hall–Kier alpha value is -2.69. The summed E-state index contributed by atoms with van der Waals surface area (Å²) in [6, 6.07) is 0. The van der Waals surface area contributed by atoms with Crippen LogP contribution in [0.4, 0.5) is 11.5 Å². The average molecular weight is 378 g/mol. The van der Waals surface area contributed by atoms with Gasteiger partial charge in [-0.25, -0.2) is 9.97 Å². The predicted molar refractivity (Wildman–Crippen MR) is 116 cm³/mol. The molecule has 0 atom stereocenters. The van der Waals surface area contributed by atoms with Crippen LogP contribution in [-0.2, 0) is 0 Å². The van der Waals surface area contributed by atoms with Crippen LogP contribution < -0.4 is 5.32 Å². The molecule has 2 aromatic heterocycles. The zero-order valence-electron chi connectivity index (χ0n) is 18.8. The predicted octanol–water partition coefficient (Wildman–Crippen LogP) is 5.49. The molecule has 5 heteroatoms. The van der Waals surface area contributed by atoms with Gasteiger partial charge in [0.05, 0.1) is 5.69 Å². The van der Waals surface area contributed by atoms with E-state index in [1.165, 1.54) is 27.8 Å². The monoisotopic (exact) mass is 377 g/mol. The second kappa shape index (κ2) is 7.04. The Morgan fingerprint density at radius 3 is 1.61 bits per heavy atom. The molecular weight excluding hydrogens is 346 g/mol. The number of aromatic nitrogens is 4. The lowest BCUT2D eigenvalue weighted by molar-refractivity contribution is 0.845. The molecule has 0 aliphatic rings. The maximum Gasteiger partial charge on any atom is 0.237 e. The third-order valence-electron chi connectivity index (χ3n) is 6.33. The fraction of sp³-hybridized carbons (Fsp3) is 0.435. The molecule has 1 N–H and O–H groups in total. The molecule has 0 aliphatic heterocycles. The molecule has 0 bridgehead atoms. The summed E-state index contributed by atoms with van der Waals surface area (Å²) in [5.74, 6) is 2.41. The fourth-order valence-electron chi connectivity index (χ4n) is 3.71. The molecule has 0 spiro atoms. The summed E-state index contributed by atoms with van der Waals surface area (Å²) in [5, 5.41) is 3.63. The second-order valence-corrected chi connectivity index (χ2v) is 7.87. The minimum atomic E-state index is 0.664. The van der Waals surface area contributed by atoms with Gasteiger partial charge in [0.2, 0.25) is 5.95 Å². The maximum atomic E-state index is 4.90.